The van der Waals surface area contributed by atoms with Crippen molar-refractivity contribution in [1.29, 1.82) is 0 Å². The number of aliphatic hydroxyl groups is 1. The molecular weight excluding hydrogens is 246 g/mol. The molecule has 0 saturated carbocycles. The quantitative estimate of drug-likeness (QED) is 0.725. The maximum Gasteiger partial charge on any atom is 0.272 e. The van der Waals surface area contributed by atoms with E-state index < -0.39 is 0 Å². The lowest BCUT2D eigenvalue weighted by Crippen LogP contribution is -2.33. The molecule has 0 fully saturated rings. The van der Waals surface area contributed by atoms with E-state index in [1.54, 1.807) is 0 Å². The van der Waals surface area contributed by atoms with Gasteiger partial charge in [-0.05, 0) is 5.56 Å². The molecule has 1 aromatic heterocycles. The third kappa shape index (κ3) is 3.32. The zero-order valence-corrected chi connectivity index (χ0v) is 10.3. The number of H-pyrrole nitrogens is 2. The van der Waals surface area contributed by atoms with E-state index in [4.69, 9.17) is 5.11 Å². The minimum atomic E-state index is -0.355. The Morgan fingerprint density at radius 2 is 1.95 bits per heavy atom. The van der Waals surface area contributed by atoms with Crippen molar-refractivity contribution in [3.05, 3.63) is 58.0 Å². The van der Waals surface area contributed by atoms with Gasteiger partial charge < -0.3 is 10.0 Å². The SMILES string of the molecule is O=C(c1cc(=O)[nH][nH]1)N(CCO)Cc1ccccc1. The second kappa shape index (κ2) is 6.01. The molecule has 2 aromatic rings. The fourth-order valence-electron chi connectivity index (χ4n) is 1.79. The molecule has 0 aliphatic heterocycles. The molecule has 6 heteroatoms. The fourth-order valence-corrected chi connectivity index (χ4v) is 1.79. The molecule has 1 heterocycles. The van der Waals surface area contributed by atoms with E-state index in [2.05, 4.69) is 10.2 Å². The van der Waals surface area contributed by atoms with Crippen molar-refractivity contribution in [1.82, 2.24) is 15.1 Å². The standard InChI is InChI=1S/C13H15N3O3/c17-7-6-16(9-10-4-2-1-3-5-10)13(19)11-8-12(18)15-14-11/h1-5,8,17H,6-7,9H2,(H2,14,15,18). The molecule has 0 radical (unpaired) electrons. The van der Waals surface area contributed by atoms with Crippen molar-refractivity contribution in [2.45, 2.75) is 6.54 Å². The maximum absolute atomic E-state index is 12.2. The molecule has 6 nitrogen and oxygen atoms in total. The molecule has 19 heavy (non-hydrogen) atoms. The van der Waals surface area contributed by atoms with E-state index >= 15 is 0 Å². The van der Waals surface area contributed by atoms with Gasteiger partial charge in [-0.3, -0.25) is 19.8 Å². The highest BCUT2D eigenvalue weighted by molar-refractivity contribution is 5.92. The molecule has 0 atom stereocenters. The Balaban J connectivity index is 2.15. The first kappa shape index (κ1) is 13.1. The largest absolute Gasteiger partial charge is 0.395 e. The van der Waals surface area contributed by atoms with Crippen LogP contribution in [0.15, 0.2) is 41.2 Å². The first-order chi connectivity index (χ1) is 9.20. The highest BCUT2D eigenvalue weighted by Gasteiger charge is 2.17. The predicted molar refractivity (Wildman–Crippen MR) is 69.7 cm³/mol. The molecule has 1 aromatic carbocycles. The van der Waals surface area contributed by atoms with Crippen LogP contribution in [-0.4, -0.2) is 39.3 Å². The normalized spacial score (nSPS) is 10.4. The molecule has 0 spiro atoms. The minimum absolute atomic E-state index is 0.132. The van der Waals surface area contributed by atoms with E-state index in [1.165, 1.54) is 11.0 Å². The van der Waals surface area contributed by atoms with E-state index in [1.807, 2.05) is 30.3 Å². The average Bonchev–Trinajstić information content (AvgIpc) is 2.85. The molecular formula is C13H15N3O3. The van der Waals surface area contributed by atoms with Crippen LogP contribution in [0.5, 0.6) is 0 Å². The smallest absolute Gasteiger partial charge is 0.272 e. The summed E-state index contributed by atoms with van der Waals surface area (Å²) in [6.07, 6.45) is 0. The number of nitrogens with zero attached hydrogens (tertiary/aromatic N) is 1. The summed E-state index contributed by atoms with van der Waals surface area (Å²) in [5.74, 6) is -0.323. The lowest BCUT2D eigenvalue weighted by Gasteiger charge is -2.21. The molecule has 0 bridgehead atoms. The van der Waals surface area contributed by atoms with Gasteiger partial charge in [0, 0.05) is 19.2 Å². The van der Waals surface area contributed by atoms with Gasteiger partial charge in [-0.15, -0.1) is 0 Å². The number of carbonyl (C=O) groups excluding carboxylic acids is 1. The van der Waals surface area contributed by atoms with Crippen molar-refractivity contribution in [3.63, 3.8) is 0 Å². The van der Waals surface area contributed by atoms with Gasteiger partial charge in [0.15, 0.2) is 0 Å². The van der Waals surface area contributed by atoms with Crippen LogP contribution in [0.3, 0.4) is 0 Å². The van der Waals surface area contributed by atoms with Crippen molar-refractivity contribution in [2.75, 3.05) is 13.2 Å². The molecule has 1 amide bonds. The Hall–Kier alpha value is -2.34. The zero-order chi connectivity index (χ0) is 13.7. The molecule has 0 saturated heterocycles. The van der Waals surface area contributed by atoms with Crippen molar-refractivity contribution in [2.24, 2.45) is 0 Å². The summed E-state index contributed by atoms with van der Waals surface area (Å²) in [6, 6.07) is 10.7. The first-order valence-electron chi connectivity index (χ1n) is 5.92. The second-order valence-corrected chi connectivity index (χ2v) is 4.11. The lowest BCUT2D eigenvalue weighted by atomic mass is 10.2. The van der Waals surface area contributed by atoms with E-state index in [0.29, 0.717) is 6.54 Å². The second-order valence-electron chi connectivity index (χ2n) is 4.11. The Morgan fingerprint density at radius 3 is 2.53 bits per heavy atom. The van der Waals surface area contributed by atoms with Gasteiger partial charge in [0.1, 0.15) is 5.69 Å². The number of aromatic amines is 2. The summed E-state index contributed by atoms with van der Waals surface area (Å²) < 4.78 is 0. The van der Waals surface area contributed by atoms with Crippen LogP contribution in [0, 0.1) is 0 Å². The van der Waals surface area contributed by atoms with Crippen molar-refractivity contribution < 1.29 is 9.90 Å². The van der Waals surface area contributed by atoms with E-state index in [0.717, 1.165) is 5.56 Å². The number of nitrogens with one attached hydrogen (secondary N) is 2. The van der Waals surface area contributed by atoms with Crippen LogP contribution < -0.4 is 5.56 Å². The number of hydrogen-bond donors (Lipinski definition) is 3. The number of aliphatic hydroxyl groups excluding tert-OH is 1. The van der Waals surface area contributed by atoms with Crippen molar-refractivity contribution >= 4 is 5.91 Å². The summed E-state index contributed by atoms with van der Waals surface area (Å²) in [7, 11) is 0. The van der Waals surface area contributed by atoms with Crippen LogP contribution in [0.1, 0.15) is 16.1 Å². The van der Waals surface area contributed by atoms with Gasteiger partial charge in [0.25, 0.3) is 11.5 Å². The molecule has 0 unspecified atom stereocenters. The van der Waals surface area contributed by atoms with Gasteiger partial charge in [-0.1, -0.05) is 30.3 Å². The van der Waals surface area contributed by atoms with Gasteiger partial charge >= 0.3 is 0 Å². The van der Waals surface area contributed by atoms with Crippen molar-refractivity contribution in [3.8, 4) is 0 Å². The number of hydrogen-bond acceptors (Lipinski definition) is 3. The third-order valence-corrected chi connectivity index (χ3v) is 2.70. The van der Waals surface area contributed by atoms with Crippen LogP contribution in [0.2, 0.25) is 0 Å². The first-order valence-corrected chi connectivity index (χ1v) is 5.92. The van der Waals surface area contributed by atoms with Crippen LogP contribution in [0.25, 0.3) is 0 Å². The highest BCUT2D eigenvalue weighted by Crippen LogP contribution is 2.07. The molecule has 2 rings (SSSR count). The summed E-state index contributed by atoms with van der Waals surface area (Å²) in [5, 5.41) is 13.9. The lowest BCUT2D eigenvalue weighted by molar-refractivity contribution is 0.0702. The minimum Gasteiger partial charge on any atom is -0.395 e. The summed E-state index contributed by atoms with van der Waals surface area (Å²) in [6.45, 7) is 0.460. The van der Waals surface area contributed by atoms with Crippen LogP contribution >= 0.6 is 0 Å². The summed E-state index contributed by atoms with van der Waals surface area (Å²) >= 11 is 0. The zero-order valence-electron chi connectivity index (χ0n) is 10.3. The number of benzene rings is 1. The monoisotopic (exact) mass is 261 g/mol. The van der Waals surface area contributed by atoms with Gasteiger partial charge in [0.2, 0.25) is 0 Å². The topological polar surface area (TPSA) is 89.2 Å². The van der Waals surface area contributed by atoms with Gasteiger partial charge in [-0.25, -0.2) is 0 Å². The third-order valence-electron chi connectivity index (χ3n) is 2.70. The Morgan fingerprint density at radius 1 is 1.21 bits per heavy atom. The number of rotatable bonds is 5. The molecule has 0 aliphatic carbocycles. The van der Waals surface area contributed by atoms with E-state index in [9.17, 15) is 9.59 Å². The summed E-state index contributed by atoms with van der Waals surface area (Å²) in [4.78, 5) is 24.7. The Labute approximate surface area is 109 Å². The predicted octanol–water partition coefficient (Wildman–Crippen LogP) is 0.338. The van der Waals surface area contributed by atoms with Crippen LogP contribution in [-0.2, 0) is 6.54 Å². The number of carbonyl (C=O) groups is 1. The van der Waals surface area contributed by atoms with E-state index in [-0.39, 0.29) is 30.3 Å². The van der Waals surface area contributed by atoms with Gasteiger partial charge in [0.05, 0.1) is 6.61 Å². The molecule has 3 N–H and O–H groups in total. The number of amides is 1. The van der Waals surface area contributed by atoms with Crippen LogP contribution in [0.4, 0.5) is 0 Å². The fraction of sp³-hybridized carbons (Fsp3) is 0.231. The molecule has 0 aliphatic rings. The highest BCUT2D eigenvalue weighted by atomic mass is 16.3. The summed E-state index contributed by atoms with van der Waals surface area (Å²) in [5.41, 5.74) is 0.795. The maximum atomic E-state index is 12.2. The van der Waals surface area contributed by atoms with Gasteiger partial charge in [-0.2, -0.15) is 0 Å². The molecule has 100 valence electrons. The number of aromatic nitrogens is 2. The Kier molecular flexibility index (Phi) is 4.15. The Bertz CT molecular complexity index is 588. The average molecular weight is 261 g/mol.